The van der Waals surface area contributed by atoms with Crippen molar-refractivity contribution in [3.63, 3.8) is 0 Å². The number of benzene rings is 3. The van der Waals surface area contributed by atoms with Crippen LogP contribution in [0.2, 0.25) is 5.02 Å². The molecule has 0 atom stereocenters. The zero-order chi connectivity index (χ0) is 23.5. The van der Waals surface area contributed by atoms with Crippen LogP contribution in [0.1, 0.15) is 11.1 Å². The van der Waals surface area contributed by atoms with Crippen molar-refractivity contribution in [1.29, 1.82) is 0 Å². The van der Waals surface area contributed by atoms with Crippen LogP contribution < -0.4 is 5.32 Å². The number of fused-ring (bicyclic) bond motifs is 1. The van der Waals surface area contributed by atoms with Crippen molar-refractivity contribution in [2.24, 2.45) is 0 Å². The fourth-order valence-corrected chi connectivity index (χ4v) is 3.40. The minimum atomic E-state index is -1.19. The minimum absolute atomic E-state index is 0.0112. The molecule has 0 saturated carbocycles. The summed E-state index contributed by atoms with van der Waals surface area (Å²) in [5.41, 5.74) is 3.26. The summed E-state index contributed by atoms with van der Waals surface area (Å²) in [5, 5.41) is 12.1. The number of nitrogens with one attached hydrogen (secondary N) is 1. The molecule has 0 bridgehead atoms. The number of carbonyl (C=O) groups is 2. The van der Waals surface area contributed by atoms with Gasteiger partial charge < -0.3 is 19.7 Å². The molecule has 1 aromatic heterocycles. The fourth-order valence-electron chi connectivity index (χ4n) is 3.28. The van der Waals surface area contributed by atoms with Crippen LogP contribution in [0.3, 0.4) is 0 Å². The molecule has 1 heterocycles. The molecule has 0 aliphatic carbocycles. The average molecular weight is 468 g/mol. The Morgan fingerprint density at radius 1 is 1.12 bits per heavy atom. The van der Waals surface area contributed by atoms with E-state index in [4.69, 9.17) is 16.0 Å². The lowest BCUT2D eigenvalue weighted by atomic mass is 10.2. The Balaban J connectivity index is 1.53. The van der Waals surface area contributed by atoms with Crippen LogP contribution in [0.4, 0.5) is 14.9 Å². The lowest BCUT2D eigenvalue weighted by Crippen LogP contribution is -2.38. The number of amides is 2. The number of carboxylic acids is 1. The number of aromatic nitrogens is 1. The van der Waals surface area contributed by atoms with E-state index in [0.29, 0.717) is 27.2 Å². The number of anilines is 1. The maximum Gasteiger partial charge on any atom is 0.323 e. The highest BCUT2D eigenvalue weighted by molar-refractivity contribution is 6.30. The van der Waals surface area contributed by atoms with Crippen LogP contribution >= 0.6 is 11.6 Å². The predicted octanol–water partition coefficient (Wildman–Crippen LogP) is 5.71. The number of aryl methyl sites for hydroxylation is 1. The van der Waals surface area contributed by atoms with E-state index in [9.17, 15) is 19.1 Å². The normalized spacial score (nSPS) is 10.9. The molecule has 4 rings (SSSR count). The Bertz CT molecular complexity index is 1340. The molecule has 4 aromatic rings. The molecule has 3 aromatic carbocycles. The van der Waals surface area contributed by atoms with Crippen molar-refractivity contribution in [1.82, 2.24) is 9.88 Å². The van der Waals surface area contributed by atoms with Gasteiger partial charge in [-0.1, -0.05) is 29.8 Å². The molecule has 33 heavy (non-hydrogen) atoms. The van der Waals surface area contributed by atoms with Crippen molar-refractivity contribution >= 4 is 40.4 Å². The highest BCUT2D eigenvalue weighted by atomic mass is 35.5. The van der Waals surface area contributed by atoms with Gasteiger partial charge in [0.25, 0.3) is 0 Å². The number of carbonyl (C=O) groups excluding carboxylic acids is 1. The third kappa shape index (κ3) is 5.30. The second kappa shape index (κ2) is 9.30. The summed E-state index contributed by atoms with van der Waals surface area (Å²) in [6.45, 7) is 1.39. The van der Waals surface area contributed by atoms with Gasteiger partial charge in [-0.15, -0.1) is 0 Å². The zero-order valence-electron chi connectivity index (χ0n) is 17.5. The standard InChI is InChI=1S/C24H19ClFN3O4/c1-14-2-9-21-20(10-14)27-23(33-21)16-5-8-19(18(26)11-16)28-24(32)29(13-22(30)31)12-15-3-6-17(25)7-4-15/h2-11H,12-13H2,1H3,(H,28,32)(H,30,31). The Labute approximate surface area is 193 Å². The SMILES string of the molecule is Cc1ccc2oc(-c3ccc(NC(=O)N(CC(=O)O)Cc4ccc(Cl)cc4)c(F)c3)nc2c1. The molecular weight excluding hydrogens is 449 g/mol. The van der Waals surface area contributed by atoms with Crippen LogP contribution in [0.5, 0.6) is 0 Å². The van der Waals surface area contributed by atoms with Crippen LogP contribution in [0.15, 0.2) is 65.1 Å². The lowest BCUT2D eigenvalue weighted by Gasteiger charge is -2.21. The second-order valence-corrected chi connectivity index (χ2v) is 7.93. The van der Waals surface area contributed by atoms with Gasteiger partial charge in [-0.05, 0) is 60.5 Å². The van der Waals surface area contributed by atoms with E-state index in [1.165, 1.54) is 12.1 Å². The first-order valence-electron chi connectivity index (χ1n) is 9.98. The number of oxazole rings is 1. The maximum absolute atomic E-state index is 14.8. The Morgan fingerprint density at radius 3 is 2.58 bits per heavy atom. The number of hydrogen-bond acceptors (Lipinski definition) is 4. The van der Waals surface area contributed by atoms with Gasteiger partial charge in [-0.25, -0.2) is 14.2 Å². The maximum atomic E-state index is 14.8. The summed E-state index contributed by atoms with van der Waals surface area (Å²) in [7, 11) is 0. The minimum Gasteiger partial charge on any atom is -0.480 e. The summed E-state index contributed by atoms with van der Waals surface area (Å²) in [6.07, 6.45) is 0. The smallest absolute Gasteiger partial charge is 0.323 e. The number of aliphatic carboxylic acids is 1. The van der Waals surface area contributed by atoms with Gasteiger partial charge >= 0.3 is 12.0 Å². The molecule has 0 aliphatic heterocycles. The Morgan fingerprint density at radius 2 is 1.88 bits per heavy atom. The van der Waals surface area contributed by atoms with Gasteiger partial charge in [-0.3, -0.25) is 4.79 Å². The number of carboxylic acid groups (broad SMARTS) is 1. The molecule has 0 aliphatic rings. The molecule has 2 amide bonds. The van der Waals surface area contributed by atoms with Crippen molar-refractivity contribution in [3.05, 3.63) is 82.6 Å². The molecule has 0 saturated heterocycles. The first-order valence-corrected chi connectivity index (χ1v) is 10.4. The van der Waals surface area contributed by atoms with Gasteiger partial charge in [0, 0.05) is 17.1 Å². The molecule has 9 heteroatoms. The number of urea groups is 1. The van der Waals surface area contributed by atoms with Crippen molar-refractivity contribution in [3.8, 4) is 11.5 Å². The van der Waals surface area contributed by atoms with E-state index in [0.717, 1.165) is 10.5 Å². The Kier molecular flexibility index (Phi) is 6.28. The van der Waals surface area contributed by atoms with Crippen molar-refractivity contribution < 1.29 is 23.5 Å². The van der Waals surface area contributed by atoms with E-state index < -0.39 is 24.4 Å². The van der Waals surface area contributed by atoms with Crippen LogP contribution in [0, 0.1) is 12.7 Å². The number of hydrogen-bond donors (Lipinski definition) is 2. The first-order chi connectivity index (χ1) is 15.8. The van der Waals surface area contributed by atoms with Crippen LogP contribution in [0.25, 0.3) is 22.6 Å². The topological polar surface area (TPSA) is 95.7 Å². The van der Waals surface area contributed by atoms with E-state index in [2.05, 4.69) is 10.3 Å². The van der Waals surface area contributed by atoms with E-state index in [1.54, 1.807) is 36.4 Å². The van der Waals surface area contributed by atoms with Gasteiger partial charge in [0.05, 0.1) is 5.69 Å². The number of nitrogens with zero attached hydrogens (tertiary/aromatic N) is 2. The monoisotopic (exact) mass is 467 g/mol. The molecule has 0 fully saturated rings. The average Bonchev–Trinajstić information content (AvgIpc) is 3.19. The van der Waals surface area contributed by atoms with Gasteiger partial charge in [-0.2, -0.15) is 0 Å². The molecule has 0 radical (unpaired) electrons. The number of halogens is 2. The number of rotatable bonds is 6. The van der Waals surface area contributed by atoms with Crippen LogP contribution in [-0.2, 0) is 11.3 Å². The van der Waals surface area contributed by atoms with Crippen molar-refractivity contribution in [2.75, 3.05) is 11.9 Å². The molecule has 0 spiro atoms. The van der Waals surface area contributed by atoms with Gasteiger partial charge in [0.2, 0.25) is 5.89 Å². The van der Waals surface area contributed by atoms with E-state index in [1.807, 2.05) is 19.1 Å². The summed E-state index contributed by atoms with van der Waals surface area (Å²) in [6, 6.07) is 15.6. The third-order valence-electron chi connectivity index (χ3n) is 4.90. The van der Waals surface area contributed by atoms with Gasteiger partial charge in [0.1, 0.15) is 17.9 Å². The summed E-state index contributed by atoms with van der Waals surface area (Å²) >= 11 is 5.87. The first kappa shape index (κ1) is 22.3. The van der Waals surface area contributed by atoms with Crippen molar-refractivity contribution in [2.45, 2.75) is 13.5 Å². The van der Waals surface area contributed by atoms with E-state index >= 15 is 0 Å². The quantitative estimate of drug-likeness (QED) is 0.378. The Hall–Kier alpha value is -3.91. The highest BCUT2D eigenvalue weighted by Crippen LogP contribution is 2.28. The molecule has 168 valence electrons. The second-order valence-electron chi connectivity index (χ2n) is 7.49. The largest absolute Gasteiger partial charge is 0.480 e. The summed E-state index contributed by atoms with van der Waals surface area (Å²) < 4.78 is 20.5. The fraction of sp³-hybridized carbons (Fsp3) is 0.125. The molecule has 2 N–H and O–H groups in total. The van der Waals surface area contributed by atoms with E-state index in [-0.39, 0.29) is 18.1 Å². The molecule has 0 unspecified atom stereocenters. The highest BCUT2D eigenvalue weighted by Gasteiger charge is 2.19. The van der Waals surface area contributed by atoms with Crippen LogP contribution in [-0.4, -0.2) is 33.5 Å². The zero-order valence-corrected chi connectivity index (χ0v) is 18.3. The predicted molar refractivity (Wildman–Crippen MR) is 123 cm³/mol. The third-order valence-corrected chi connectivity index (χ3v) is 5.15. The van der Waals surface area contributed by atoms with Gasteiger partial charge in [0.15, 0.2) is 5.58 Å². The molecular formula is C24H19ClFN3O4. The summed E-state index contributed by atoms with van der Waals surface area (Å²) in [4.78, 5) is 29.4. The lowest BCUT2D eigenvalue weighted by molar-refractivity contribution is -0.137. The summed E-state index contributed by atoms with van der Waals surface area (Å²) in [5.74, 6) is -1.65. The molecule has 7 nitrogen and oxygen atoms in total.